The van der Waals surface area contributed by atoms with Crippen molar-refractivity contribution in [2.24, 2.45) is 7.05 Å². The predicted octanol–water partition coefficient (Wildman–Crippen LogP) is 2.36. The summed E-state index contributed by atoms with van der Waals surface area (Å²) in [5.74, 6) is 1.48. The van der Waals surface area contributed by atoms with Crippen LogP contribution in [0.5, 0.6) is 0 Å². The van der Waals surface area contributed by atoms with Crippen LogP contribution in [-0.4, -0.2) is 35.4 Å². The van der Waals surface area contributed by atoms with Gasteiger partial charge in [0.1, 0.15) is 5.82 Å². The fraction of sp³-hybridized carbons (Fsp3) is 0.562. The van der Waals surface area contributed by atoms with Gasteiger partial charge >= 0.3 is 0 Å². The number of aromatic nitrogens is 2. The Kier molecular flexibility index (Phi) is 3.76. The van der Waals surface area contributed by atoms with Crippen LogP contribution in [0, 0.1) is 6.92 Å². The van der Waals surface area contributed by atoms with E-state index in [4.69, 9.17) is 9.72 Å². The highest BCUT2D eigenvalue weighted by molar-refractivity contribution is 5.79. The number of ether oxygens (including phenoxy) is 1. The third-order valence-corrected chi connectivity index (χ3v) is 4.20. The van der Waals surface area contributed by atoms with E-state index < -0.39 is 0 Å². The lowest BCUT2D eigenvalue weighted by Crippen LogP contribution is -2.35. The number of benzene rings is 1. The van der Waals surface area contributed by atoms with Crippen molar-refractivity contribution in [2.75, 3.05) is 19.8 Å². The molecule has 2 aromatic rings. The molecule has 1 aliphatic heterocycles. The lowest BCUT2D eigenvalue weighted by molar-refractivity contribution is 0.187. The molecule has 0 bridgehead atoms. The number of nitrogens with zero attached hydrogens (tertiary/aromatic N) is 2. The average molecular weight is 273 g/mol. The van der Waals surface area contributed by atoms with Gasteiger partial charge in [-0.05, 0) is 31.5 Å². The van der Waals surface area contributed by atoms with Crippen molar-refractivity contribution in [1.29, 1.82) is 0 Å². The van der Waals surface area contributed by atoms with Crippen LogP contribution in [0.1, 0.15) is 30.7 Å². The highest BCUT2D eigenvalue weighted by Crippen LogP contribution is 2.29. The molecule has 2 atom stereocenters. The number of hydrogen-bond acceptors (Lipinski definition) is 3. The molecule has 4 heteroatoms. The monoisotopic (exact) mass is 273 g/mol. The van der Waals surface area contributed by atoms with E-state index in [-0.39, 0.29) is 0 Å². The SMILES string of the molecule is CCCNC1COCC1c1nc2cccc(C)c2n1C. The van der Waals surface area contributed by atoms with E-state index in [1.54, 1.807) is 0 Å². The minimum absolute atomic E-state index is 0.346. The summed E-state index contributed by atoms with van der Waals surface area (Å²) in [6.45, 7) is 6.92. The Morgan fingerprint density at radius 2 is 2.25 bits per heavy atom. The van der Waals surface area contributed by atoms with Gasteiger partial charge in [-0.2, -0.15) is 0 Å². The molecule has 1 N–H and O–H groups in total. The highest BCUT2D eigenvalue weighted by Gasteiger charge is 2.32. The number of para-hydroxylation sites is 1. The summed E-state index contributed by atoms with van der Waals surface area (Å²) in [5.41, 5.74) is 3.60. The maximum Gasteiger partial charge on any atom is 0.116 e. The molecule has 0 amide bonds. The van der Waals surface area contributed by atoms with Gasteiger partial charge in [0.15, 0.2) is 0 Å². The van der Waals surface area contributed by atoms with Crippen molar-refractivity contribution < 1.29 is 4.74 Å². The molecule has 0 spiro atoms. The zero-order chi connectivity index (χ0) is 14.1. The van der Waals surface area contributed by atoms with Gasteiger partial charge < -0.3 is 14.6 Å². The van der Waals surface area contributed by atoms with Crippen molar-refractivity contribution in [2.45, 2.75) is 32.2 Å². The minimum atomic E-state index is 0.346. The molecule has 1 saturated heterocycles. The Morgan fingerprint density at radius 3 is 3.00 bits per heavy atom. The van der Waals surface area contributed by atoms with Gasteiger partial charge in [-0.1, -0.05) is 19.1 Å². The lowest BCUT2D eigenvalue weighted by Gasteiger charge is -2.18. The van der Waals surface area contributed by atoms with Crippen LogP contribution in [0.4, 0.5) is 0 Å². The van der Waals surface area contributed by atoms with Crippen LogP contribution in [0.15, 0.2) is 18.2 Å². The Morgan fingerprint density at radius 1 is 1.40 bits per heavy atom. The third-order valence-electron chi connectivity index (χ3n) is 4.20. The summed E-state index contributed by atoms with van der Waals surface area (Å²) in [6.07, 6.45) is 1.14. The fourth-order valence-corrected chi connectivity index (χ4v) is 3.15. The molecule has 2 heterocycles. The molecule has 0 saturated carbocycles. The Bertz CT molecular complexity index is 605. The van der Waals surface area contributed by atoms with Crippen molar-refractivity contribution >= 4 is 11.0 Å². The van der Waals surface area contributed by atoms with Crippen LogP contribution in [0.2, 0.25) is 0 Å². The molecule has 4 nitrogen and oxygen atoms in total. The van der Waals surface area contributed by atoms with Crippen molar-refractivity contribution in [1.82, 2.24) is 14.9 Å². The fourth-order valence-electron chi connectivity index (χ4n) is 3.15. The van der Waals surface area contributed by atoms with Gasteiger partial charge in [0, 0.05) is 13.1 Å². The maximum absolute atomic E-state index is 5.69. The Balaban J connectivity index is 1.97. The first-order valence-corrected chi connectivity index (χ1v) is 7.45. The summed E-state index contributed by atoms with van der Waals surface area (Å²) in [6, 6.07) is 6.69. The topological polar surface area (TPSA) is 39.1 Å². The molecule has 1 aromatic carbocycles. The standard InChI is InChI=1S/C16H23N3O/c1-4-8-17-14-10-20-9-12(14)16-18-13-7-5-6-11(2)15(13)19(16)3/h5-7,12,14,17H,4,8-10H2,1-3H3. The molecule has 1 fully saturated rings. The van der Waals surface area contributed by atoms with E-state index >= 15 is 0 Å². The lowest BCUT2D eigenvalue weighted by atomic mass is 10.0. The van der Waals surface area contributed by atoms with Gasteiger partial charge in [0.05, 0.1) is 30.2 Å². The zero-order valence-electron chi connectivity index (χ0n) is 12.5. The van der Waals surface area contributed by atoms with Crippen LogP contribution in [0.25, 0.3) is 11.0 Å². The number of imidazole rings is 1. The highest BCUT2D eigenvalue weighted by atomic mass is 16.5. The molecular formula is C16H23N3O. The number of fused-ring (bicyclic) bond motifs is 1. The predicted molar refractivity (Wildman–Crippen MR) is 81.1 cm³/mol. The maximum atomic E-state index is 5.69. The summed E-state index contributed by atoms with van der Waals surface area (Å²) < 4.78 is 7.93. The molecule has 1 aromatic heterocycles. The van der Waals surface area contributed by atoms with Gasteiger partial charge in [0.2, 0.25) is 0 Å². The normalized spacial score (nSPS) is 22.8. The molecule has 0 radical (unpaired) electrons. The number of rotatable bonds is 4. The second-order valence-electron chi connectivity index (χ2n) is 5.68. The molecule has 20 heavy (non-hydrogen) atoms. The van der Waals surface area contributed by atoms with Crippen LogP contribution in [0.3, 0.4) is 0 Å². The molecule has 3 rings (SSSR count). The van der Waals surface area contributed by atoms with Gasteiger partial charge in [-0.15, -0.1) is 0 Å². The van der Waals surface area contributed by atoms with Crippen LogP contribution < -0.4 is 5.32 Å². The van der Waals surface area contributed by atoms with E-state index in [9.17, 15) is 0 Å². The molecule has 108 valence electrons. The first kappa shape index (κ1) is 13.6. The van der Waals surface area contributed by atoms with Crippen LogP contribution in [-0.2, 0) is 11.8 Å². The molecule has 1 aliphatic rings. The smallest absolute Gasteiger partial charge is 0.116 e. The second kappa shape index (κ2) is 5.54. The average Bonchev–Trinajstić information content (AvgIpc) is 3.01. The van der Waals surface area contributed by atoms with Crippen LogP contribution >= 0.6 is 0 Å². The number of nitrogens with one attached hydrogen (secondary N) is 1. The molecule has 0 aliphatic carbocycles. The third kappa shape index (κ3) is 2.23. The molecule has 2 unspecified atom stereocenters. The van der Waals surface area contributed by atoms with Gasteiger partial charge in [0.25, 0.3) is 0 Å². The number of aryl methyl sites for hydroxylation is 2. The van der Waals surface area contributed by atoms with Gasteiger partial charge in [-0.25, -0.2) is 4.98 Å². The van der Waals surface area contributed by atoms with E-state index in [0.717, 1.165) is 37.5 Å². The molecular weight excluding hydrogens is 250 g/mol. The summed E-state index contributed by atoms with van der Waals surface area (Å²) >= 11 is 0. The Hall–Kier alpha value is -1.39. The van der Waals surface area contributed by atoms with Gasteiger partial charge in [-0.3, -0.25) is 0 Å². The largest absolute Gasteiger partial charge is 0.379 e. The van der Waals surface area contributed by atoms with Crippen molar-refractivity contribution in [3.8, 4) is 0 Å². The second-order valence-corrected chi connectivity index (χ2v) is 5.68. The summed E-state index contributed by atoms with van der Waals surface area (Å²) in [4.78, 5) is 4.86. The quantitative estimate of drug-likeness (QED) is 0.929. The number of hydrogen-bond donors (Lipinski definition) is 1. The van der Waals surface area contributed by atoms with E-state index in [0.29, 0.717) is 12.0 Å². The Labute approximate surface area is 120 Å². The van der Waals surface area contributed by atoms with E-state index in [1.807, 2.05) is 0 Å². The van der Waals surface area contributed by atoms with Crippen molar-refractivity contribution in [3.05, 3.63) is 29.6 Å². The first-order valence-electron chi connectivity index (χ1n) is 7.45. The zero-order valence-corrected chi connectivity index (χ0v) is 12.5. The summed E-state index contributed by atoms with van der Waals surface area (Å²) in [5, 5.41) is 3.59. The summed E-state index contributed by atoms with van der Waals surface area (Å²) in [7, 11) is 2.12. The van der Waals surface area contributed by atoms with E-state index in [1.165, 1.54) is 11.1 Å². The first-order chi connectivity index (χ1) is 9.72. The minimum Gasteiger partial charge on any atom is -0.379 e. The van der Waals surface area contributed by atoms with Crippen molar-refractivity contribution in [3.63, 3.8) is 0 Å². The van der Waals surface area contributed by atoms with E-state index in [2.05, 4.69) is 49.0 Å².